The maximum absolute atomic E-state index is 12.8. The van der Waals surface area contributed by atoms with Crippen LogP contribution in [0.4, 0.5) is 5.69 Å². The summed E-state index contributed by atoms with van der Waals surface area (Å²) in [5.74, 6) is -1.30. The third-order valence-corrected chi connectivity index (χ3v) is 5.18. The van der Waals surface area contributed by atoms with E-state index in [2.05, 4.69) is 6.07 Å². The van der Waals surface area contributed by atoms with Crippen molar-refractivity contribution >= 4 is 17.6 Å². The van der Waals surface area contributed by atoms with E-state index in [0.29, 0.717) is 12.8 Å². The lowest BCUT2D eigenvalue weighted by atomic mass is 9.81. The summed E-state index contributed by atoms with van der Waals surface area (Å²) in [6.07, 6.45) is 2.76. The molecule has 1 aromatic rings. The molecule has 1 atom stereocenters. The number of carbonyl (C=O) groups excluding carboxylic acids is 2. The van der Waals surface area contributed by atoms with Crippen LogP contribution in [-0.2, 0) is 9.53 Å². The third-order valence-electron chi connectivity index (χ3n) is 5.18. The Bertz CT molecular complexity index is 826. The van der Waals surface area contributed by atoms with Gasteiger partial charge in [-0.15, -0.1) is 0 Å². The van der Waals surface area contributed by atoms with Crippen molar-refractivity contribution in [1.29, 1.82) is 5.26 Å². The first-order chi connectivity index (χ1) is 13.8. The Morgan fingerprint density at radius 3 is 2.55 bits per heavy atom. The number of nitriles is 1. The fraction of sp³-hybridized carbons (Fsp3) is 0.550. The number of nitro benzene ring substituents is 1. The minimum Gasteiger partial charge on any atom is -0.487 e. The number of ether oxygens (including phenoxy) is 2. The molecule has 0 aliphatic heterocycles. The van der Waals surface area contributed by atoms with Crippen molar-refractivity contribution < 1.29 is 24.0 Å². The number of hydrogen-bond acceptors (Lipinski definition) is 7. The summed E-state index contributed by atoms with van der Waals surface area (Å²) in [6, 6.07) is 5.98. The monoisotopic (exact) mass is 403 g/mol. The van der Waals surface area contributed by atoms with Crippen LogP contribution in [0.15, 0.2) is 18.2 Å². The summed E-state index contributed by atoms with van der Waals surface area (Å²) in [4.78, 5) is 37.1. The van der Waals surface area contributed by atoms with Gasteiger partial charge < -0.3 is 14.4 Å². The molecular formula is C20H25N3O6. The van der Waals surface area contributed by atoms with Gasteiger partial charge in [-0.25, -0.2) is 4.79 Å². The van der Waals surface area contributed by atoms with Crippen molar-refractivity contribution in [2.45, 2.75) is 57.6 Å². The van der Waals surface area contributed by atoms with Crippen LogP contribution in [0.2, 0.25) is 0 Å². The number of nitrogens with zero attached hydrogens (tertiary/aromatic N) is 3. The Labute approximate surface area is 169 Å². The number of nitro groups is 1. The molecule has 2 rings (SSSR count). The molecule has 9 heteroatoms. The number of amides is 1. The molecule has 0 heterocycles. The maximum Gasteiger partial charge on any atom is 0.339 e. The van der Waals surface area contributed by atoms with E-state index in [-0.39, 0.29) is 23.6 Å². The summed E-state index contributed by atoms with van der Waals surface area (Å²) >= 11 is 0. The van der Waals surface area contributed by atoms with Crippen molar-refractivity contribution in [2.24, 2.45) is 0 Å². The molecular weight excluding hydrogens is 378 g/mol. The first-order valence-electron chi connectivity index (χ1n) is 9.57. The van der Waals surface area contributed by atoms with Gasteiger partial charge in [0.1, 0.15) is 5.54 Å². The van der Waals surface area contributed by atoms with E-state index in [1.807, 2.05) is 0 Å². The molecule has 0 unspecified atom stereocenters. The largest absolute Gasteiger partial charge is 0.487 e. The van der Waals surface area contributed by atoms with E-state index >= 15 is 0 Å². The third kappa shape index (κ3) is 4.83. The summed E-state index contributed by atoms with van der Waals surface area (Å²) in [7, 11) is 1.54. The highest BCUT2D eigenvalue weighted by molar-refractivity contribution is 5.93. The second-order valence-electron chi connectivity index (χ2n) is 7.02. The Morgan fingerprint density at radius 1 is 1.34 bits per heavy atom. The molecule has 0 N–H and O–H groups in total. The molecule has 29 heavy (non-hydrogen) atoms. The average molecular weight is 403 g/mol. The van der Waals surface area contributed by atoms with Gasteiger partial charge in [-0.2, -0.15) is 5.26 Å². The first kappa shape index (κ1) is 22.1. The van der Waals surface area contributed by atoms with Gasteiger partial charge in [-0.05, 0) is 38.8 Å². The van der Waals surface area contributed by atoms with Gasteiger partial charge in [-0.3, -0.25) is 14.9 Å². The highest BCUT2D eigenvalue weighted by Crippen LogP contribution is 2.33. The zero-order chi connectivity index (χ0) is 21.6. The van der Waals surface area contributed by atoms with Gasteiger partial charge in [0, 0.05) is 13.1 Å². The van der Waals surface area contributed by atoms with E-state index in [1.165, 1.54) is 24.0 Å². The van der Waals surface area contributed by atoms with Crippen molar-refractivity contribution in [3.63, 3.8) is 0 Å². The maximum atomic E-state index is 12.8. The molecule has 1 aliphatic carbocycles. The minimum absolute atomic E-state index is 0.0474. The highest BCUT2D eigenvalue weighted by atomic mass is 16.6. The standard InChI is InChI=1S/C20H25N3O6/c1-4-28-17-9-8-15(12-16(17)23(26)27)19(25)29-14(2)18(24)22(3)20(13-21)10-6-5-7-11-20/h8-9,12,14H,4-7,10-11H2,1-3H3/t14-/m1/s1. The van der Waals surface area contributed by atoms with Crippen LogP contribution >= 0.6 is 0 Å². The van der Waals surface area contributed by atoms with E-state index < -0.39 is 28.4 Å². The van der Waals surface area contributed by atoms with Crippen LogP contribution in [-0.4, -0.2) is 47.0 Å². The SMILES string of the molecule is CCOc1ccc(C(=O)O[C@H](C)C(=O)N(C)C2(C#N)CCCCC2)cc1[N+](=O)[O-]. The van der Waals surface area contributed by atoms with Crippen LogP contribution in [0, 0.1) is 21.4 Å². The van der Waals surface area contributed by atoms with E-state index in [9.17, 15) is 25.0 Å². The van der Waals surface area contributed by atoms with Crippen LogP contribution < -0.4 is 4.74 Å². The zero-order valence-corrected chi connectivity index (χ0v) is 16.8. The number of esters is 1. The number of carbonyl (C=O) groups is 2. The van der Waals surface area contributed by atoms with Gasteiger partial charge in [0.25, 0.3) is 5.91 Å². The molecule has 1 amide bonds. The molecule has 0 aromatic heterocycles. The molecule has 0 spiro atoms. The predicted octanol–water partition coefficient (Wildman–Crippen LogP) is 3.22. The fourth-order valence-electron chi connectivity index (χ4n) is 3.49. The van der Waals surface area contributed by atoms with Gasteiger partial charge in [0.15, 0.2) is 11.9 Å². The van der Waals surface area contributed by atoms with E-state index in [0.717, 1.165) is 25.3 Å². The lowest BCUT2D eigenvalue weighted by molar-refractivity contribution is -0.385. The summed E-state index contributed by atoms with van der Waals surface area (Å²) < 4.78 is 10.4. The first-order valence-corrected chi connectivity index (χ1v) is 9.57. The van der Waals surface area contributed by atoms with Gasteiger partial charge >= 0.3 is 11.7 Å². The molecule has 1 saturated carbocycles. The second-order valence-corrected chi connectivity index (χ2v) is 7.02. The molecule has 156 valence electrons. The smallest absolute Gasteiger partial charge is 0.339 e. The number of rotatable bonds is 7. The molecule has 0 radical (unpaired) electrons. The molecule has 0 bridgehead atoms. The van der Waals surface area contributed by atoms with Gasteiger partial charge in [-0.1, -0.05) is 19.3 Å². The molecule has 0 saturated heterocycles. The van der Waals surface area contributed by atoms with Crippen molar-refractivity contribution in [1.82, 2.24) is 4.90 Å². The highest BCUT2D eigenvalue weighted by Gasteiger charge is 2.40. The van der Waals surface area contributed by atoms with Crippen molar-refractivity contribution in [3.8, 4) is 11.8 Å². The van der Waals surface area contributed by atoms with E-state index in [1.54, 1.807) is 14.0 Å². The predicted molar refractivity (Wildman–Crippen MR) is 103 cm³/mol. The Balaban J connectivity index is 2.13. The minimum atomic E-state index is -1.13. The molecule has 1 fully saturated rings. The Kier molecular flexibility index (Phi) is 7.15. The number of likely N-dealkylation sites (N-methyl/N-ethyl adjacent to an activating group) is 1. The quantitative estimate of drug-likeness (QED) is 0.389. The Morgan fingerprint density at radius 2 is 2.00 bits per heavy atom. The number of hydrogen-bond donors (Lipinski definition) is 0. The molecule has 1 aliphatic rings. The molecule has 1 aromatic carbocycles. The summed E-state index contributed by atoms with van der Waals surface area (Å²) in [5, 5.41) is 20.8. The zero-order valence-electron chi connectivity index (χ0n) is 16.8. The van der Waals surface area contributed by atoms with E-state index in [4.69, 9.17) is 9.47 Å². The second kappa shape index (κ2) is 9.37. The van der Waals surface area contributed by atoms with Crippen molar-refractivity contribution in [3.05, 3.63) is 33.9 Å². The van der Waals surface area contributed by atoms with Gasteiger partial charge in [0.2, 0.25) is 0 Å². The average Bonchev–Trinajstić information content (AvgIpc) is 2.73. The van der Waals surface area contributed by atoms with Gasteiger partial charge in [0.05, 0.1) is 23.2 Å². The lowest BCUT2D eigenvalue weighted by Gasteiger charge is -2.39. The topological polar surface area (TPSA) is 123 Å². The van der Waals surface area contributed by atoms with Crippen LogP contribution in [0.1, 0.15) is 56.3 Å². The van der Waals surface area contributed by atoms with Crippen LogP contribution in [0.3, 0.4) is 0 Å². The van der Waals surface area contributed by atoms with Crippen LogP contribution in [0.5, 0.6) is 5.75 Å². The van der Waals surface area contributed by atoms with Crippen LogP contribution in [0.25, 0.3) is 0 Å². The van der Waals surface area contributed by atoms with Crippen molar-refractivity contribution in [2.75, 3.05) is 13.7 Å². The summed E-state index contributed by atoms with van der Waals surface area (Å²) in [6.45, 7) is 3.35. The lowest BCUT2D eigenvalue weighted by Crippen LogP contribution is -2.53. The molecule has 9 nitrogen and oxygen atoms in total. The number of benzene rings is 1. The Hall–Kier alpha value is -3.15. The summed E-state index contributed by atoms with van der Waals surface area (Å²) in [5.41, 5.74) is -1.31. The normalized spacial score (nSPS) is 16.2. The fourth-order valence-corrected chi connectivity index (χ4v) is 3.49.